The molecule has 26 heavy (non-hydrogen) atoms. The summed E-state index contributed by atoms with van der Waals surface area (Å²) >= 11 is 0. The molecule has 0 spiro atoms. The van der Waals surface area contributed by atoms with Crippen LogP contribution in [0.3, 0.4) is 0 Å². The number of hydrogen-bond acceptors (Lipinski definition) is 11. The van der Waals surface area contributed by atoms with Gasteiger partial charge in [-0.05, 0) is 0 Å². The van der Waals surface area contributed by atoms with Gasteiger partial charge in [0.05, 0.1) is 7.11 Å². The van der Waals surface area contributed by atoms with Crippen LogP contribution in [0.5, 0.6) is 0 Å². The van der Waals surface area contributed by atoms with Crippen molar-refractivity contribution in [1.29, 1.82) is 0 Å². The van der Waals surface area contributed by atoms with Gasteiger partial charge in [0.1, 0.15) is 0 Å². The normalized spacial score (nSPS) is 27.7. The van der Waals surface area contributed by atoms with Crippen LogP contribution in [0.1, 0.15) is 27.7 Å². The third-order valence-corrected chi connectivity index (χ3v) is 3.12. The van der Waals surface area contributed by atoms with Crippen LogP contribution in [-0.4, -0.2) is 67.7 Å². The summed E-state index contributed by atoms with van der Waals surface area (Å²) in [6.45, 7) is 4.22. The molecule has 0 N–H and O–H groups in total. The maximum absolute atomic E-state index is 12.0. The molecule has 1 heterocycles. The first-order valence-corrected chi connectivity index (χ1v) is 7.49. The summed E-state index contributed by atoms with van der Waals surface area (Å²) in [4.78, 5) is 57.7. The maximum atomic E-state index is 12.0. The van der Waals surface area contributed by atoms with Crippen LogP contribution < -0.4 is 0 Å². The van der Waals surface area contributed by atoms with Crippen molar-refractivity contribution in [3.8, 4) is 0 Å². The van der Waals surface area contributed by atoms with Crippen molar-refractivity contribution < 1.29 is 52.4 Å². The summed E-state index contributed by atoms with van der Waals surface area (Å²) in [6.07, 6.45) is -7.66. The highest BCUT2D eigenvalue weighted by atomic mass is 16.7. The van der Waals surface area contributed by atoms with Crippen molar-refractivity contribution in [2.24, 2.45) is 0 Å². The number of esters is 5. The molecule has 0 aromatic rings. The molecule has 0 aliphatic carbocycles. The van der Waals surface area contributed by atoms with Gasteiger partial charge in [-0.15, -0.1) is 0 Å². The Hall–Kier alpha value is -2.69. The summed E-state index contributed by atoms with van der Waals surface area (Å²) < 4.78 is 30.0. The largest absolute Gasteiger partial charge is 0.467 e. The van der Waals surface area contributed by atoms with Gasteiger partial charge in [0.25, 0.3) is 0 Å². The van der Waals surface area contributed by atoms with E-state index in [1.165, 1.54) is 0 Å². The van der Waals surface area contributed by atoms with Crippen molar-refractivity contribution in [3.63, 3.8) is 0 Å². The minimum Gasteiger partial charge on any atom is -0.467 e. The molecule has 1 unspecified atom stereocenters. The second-order valence-corrected chi connectivity index (χ2v) is 5.28. The van der Waals surface area contributed by atoms with Crippen LogP contribution in [0.15, 0.2) is 0 Å². The quantitative estimate of drug-likeness (QED) is 0.441. The van der Waals surface area contributed by atoms with Gasteiger partial charge in [0.2, 0.25) is 12.4 Å². The molecule has 1 saturated heterocycles. The van der Waals surface area contributed by atoms with E-state index in [1.807, 2.05) is 0 Å². The molecule has 0 radical (unpaired) electrons. The summed E-state index contributed by atoms with van der Waals surface area (Å²) in [5, 5.41) is 0. The lowest BCUT2D eigenvalue weighted by molar-refractivity contribution is -0.294. The van der Waals surface area contributed by atoms with E-state index in [4.69, 9.17) is 23.7 Å². The molecule has 0 bridgehead atoms. The first-order chi connectivity index (χ1) is 12.1. The molecular weight excluding hydrogens is 356 g/mol. The lowest BCUT2D eigenvalue weighted by Gasteiger charge is -2.42. The number of hydrogen-bond donors (Lipinski definition) is 0. The molecule has 1 rings (SSSR count). The zero-order chi connectivity index (χ0) is 20.0. The zero-order valence-corrected chi connectivity index (χ0v) is 14.9. The van der Waals surface area contributed by atoms with E-state index in [0.29, 0.717) is 0 Å². The Balaban J connectivity index is 3.37. The number of rotatable bonds is 5. The second kappa shape index (κ2) is 9.13. The fourth-order valence-corrected chi connectivity index (χ4v) is 2.34. The third-order valence-electron chi connectivity index (χ3n) is 3.12. The molecule has 1 fully saturated rings. The SMILES string of the molecule is COC(=O)[C@@H]1O[C@@H](OC(C)=O)[C@@H](OC(C)=O)[C@@H](OC(C)=O)C1OC(C)=O. The van der Waals surface area contributed by atoms with Crippen LogP contribution >= 0.6 is 0 Å². The van der Waals surface area contributed by atoms with Crippen LogP contribution in [0.2, 0.25) is 0 Å². The van der Waals surface area contributed by atoms with Gasteiger partial charge in [0.15, 0.2) is 18.3 Å². The average Bonchev–Trinajstić information content (AvgIpc) is 2.50. The summed E-state index contributed by atoms with van der Waals surface area (Å²) in [7, 11) is 1.05. The third kappa shape index (κ3) is 5.69. The minimum atomic E-state index is -1.60. The highest BCUT2D eigenvalue weighted by Gasteiger charge is 2.56. The number of methoxy groups -OCH3 is 1. The lowest BCUT2D eigenvalue weighted by Crippen LogP contribution is -2.64. The Morgan fingerprint density at radius 3 is 1.50 bits per heavy atom. The van der Waals surface area contributed by atoms with E-state index in [2.05, 4.69) is 4.74 Å². The van der Waals surface area contributed by atoms with Crippen LogP contribution in [-0.2, 0) is 52.4 Å². The first kappa shape index (κ1) is 21.4. The Labute approximate surface area is 148 Å². The van der Waals surface area contributed by atoms with Gasteiger partial charge in [-0.2, -0.15) is 0 Å². The fourth-order valence-electron chi connectivity index (χ4n) is 2.34. The van der Waals surface area contributed by atoms with E-state index in [1.54, 1.807) is 0 Å². The molecule has 11 heteroatoms. The smallest absolute Gasteiger partial charge is 0.339 e. The zero-order valence-electron chi connectivity index (χ0n) is 14.9. The van der Waals surface area contributed by atoms with E-state index < -0.39 is 60.6 Å². The standard InChI is InChI=1S/C15H20O11/c1-6(16)22-10-11(23-7(2)17)13(24-8(3)18)15(25-9(4)19)26-12(10)14(20)21-5/h10-13,15H,1-5H3/t10?,11-,12+,13-,15+/m0/s1. The molecule has 0 aromatic heterocycles. The summed E-state index contributed by atoms with van der Waals surface area (Å²) in [5.74, 6) is -4.25. The van der Waals surface area contributed by atoms with E-state index in [-0.39, 0.29) is 0 Å². The predicted octanol–water partition coefficient (Wildman–Crippen LogP) is -0.757. The topological polar surface area (TPSA) is 141 Å². The van der Waals surface area contributed by atoms with Crippen molar-refractivity contribution in [2.45, 2.75) is 58.4 Å². The van der Waals surface area contributed by atoms with Gasteiger partial charge in [0, 0.05) is 27.7 Å². The highest BCUT2D eigenvalue weighted by molar-refractivity contribution is 5.77. The number of ether oxygens (including phenoxy) is 6. The van der Waals surface area contributed by atoms with Crippen molar-refractivity contribution in [2.75, 3.05) is 7.11 Å². The molecule has 1 aliphatic rings. The van der Waals surface area contributed by atoms with Crippen LogP contribution in [0, 0.1) is 0 Å². The number of carbonyl (C=O) groups is 5. The second-order valence-electron chi connectivity index (χ2n) is 5.28. The lowest BCUT2D eigenvalue weighted by atomic mass is 9.97. The van der Waals surface area contributed by atoms with Gasteiger partial charge < -0.3 is 28.4 Å². The first-order valence-electron chi connectivity index (χ1n) is 7.49. The van der Waals surface area contributed by atoms with Gasteiger partial charge in [-0.3, -0.25) is 19.2 Å². The van der Waals surface area contributed by atoms with Gasteiger partial charge >= 0.3 is 29.8 Å². The minimum absolute atomic E-state index is 0.814. The Bertz CT molecular complexity index is 584. The Morgan fingerprint density at radius 2 is 1.08 bits per heavy atom. The monoisotopic (exact) mass is 376 g/mol. The Kier molecular flexibility index (Phi) is 7.50. The Morgan fingerprint density at radius 1 is 0.654 bits per heavy atom. The van der Waals surface area contributed by atoms with Crippen molar-refractivity contribution in [3.05, 3.63) is 0 Å². The molecule has 1 aliphatic heterocycles. The predicted molar refractivity (Wildman–Crippen MR) is 79.1 cm³/mol. The van der Waals surface area contributed by atoms with Crippen LogP contribution in [0.4, 0.5) is 0 Å². The molecule has 5 atom stereocenters. The van der Waals surface area contributed by atoms with Crippen LogP contribution in [0.25, 0.3) is 0 Å². The molecule has 146 valence electrons. The summed E-state index contributed by atoms with van der Waals surface area (Å²) in [6, 6.07) is 0. The van der Waals surface area contributed by atoms with Crippen molar-refractivity contribution in [1.82, 2.24) is 0 Å². The molecule has 0 aromatic carbocycles. The summed E-state index contributed by atoms with van der Waals surface area (Å²) in [5.41, 5.74) is 0. The maximum Gasteiger partial charge on any atom is 0.339 e. The fraction of sp³-hybridized carbons (Fsp3) is 0.667. The van der Waals surface area contributed by atoms with E-state index in [9.17, 15) is 24.0 Å². The van der Waals surface area contributed by atoms with Gasteiger partial charge in [-0.1, -0.05) is 0 Å². The molecule has 0 saturated carbocycles. The van der Waals surface area contributed by atoms with E-state index >= 15 is 0 Å². The molecular formula is C15H20O11. The number of carbonyl (C=O) groups excluding carboxylic acids is 5. The molecule has 0 amide bonds. The van der Waals surface area contributed by atoms with Crippen molar-refractivity contribution >= 4 is 29.8 Å². The average molecular weight is 376 g/mol. The highest BCUT2D eigenvalue weighted by Crippen LogP contribution is 2.30. The van der Waals surface area contributed by atoms with E-state index in [0.717, 1.165) is 34.8 Å². The van der Waals surface area contributed by atoms with Gasteiger partial charge in [-0.25, -0.2) is 4.79 Å². The molecule has 11 nitrogen and oxygen atoms in total.